The monoisotopic (exact) mass is 544 g/mol. The van der Waals surface area contributed by atoms with Gasteiger partial charge in [-0.1, -0.05) is 59.6 Å². The normalized spacial score (nSPS) is 21.5. The molecule has 3 atom stereocenters. The molecule has 0 saturated carbocycles. The molecule has 0 aliphatic carbocycles. The molecule has 4 nitrogen and oxygen atoms in total. The van der Waals surface area contributed by atoms with Crippen LogP contribution in [0.4, 0.5) is 0 Å². The van der Waals surface area contributed by atoms with Gasteiger partial charge >= 0.3 is 0 Å². The van der Waals surface area contributed by atoms with Crippen molar-refractivity contribution in [1.82, 2.24) is 0 Å². The first-order valence-electron chi connectivity index (χ1n) is 12.4. The van der Waals surface area contributed by atoms with E-state index in [0.717, 1.165) is 39.5 Å². The summed E-state index contributed by atoms with van der Waals surface area (Å²) in [5.41, 5.74) is 3.93. The Hall–Kier alpha value is -3.60. The highest BCUT2D eigenvalue weighted by Crippen LogP contribution is 2.58. The molecule has 4 aromatic rings. The summed E-state index contributed by atoms with van der Waals surface area (Å²) >= 11 is 12.4. The van der Waals surface area contributed by atoms with Gasteiger partial charge in [-0.2, -0.15) is 0 Å². The first kappa shape index (κ1) is 24.7. The second-order valence-corrected chi connectivity index (χ2v) is 10.3. The predicted molar refractivity (Wildman–Crippen MR) is 151 cm³/mol. The fourth-order valence-electron chi connectivity index (χ4n) is 5.60. The van der Waals surface area contributed by atoms with Crippen LogP contribution in [0.3, 0.4) is 0 Å². The number of rotatable bonds is 5. The number of halogens is 2. The molecule has 0 saturated heterocycles. The number of hydrogen-bond acceptors (Lipinski definition) is 4. The molecule has 4 aromatic carbocycles. The van der Waals surface area contributed by atoms with E-state index >= 15 is 0 Å². The van der Waals surface area contributed by atoms with Crippen molar-refractivity contribution >= 4 is 29.3 Å². The van der Waals surface area contributed by atoms with Crippen LogP contribution in [0.1, 0.15) is 28.2 Å². The van der Waals surface area contributed by atoms with Crippen molar-refractivity contribution < 1.29 is 18.9 Å². The third-order valence-corrected chi connectivity index (χ3v) is 7.87. The number of hydrogen-bond donors (Lipinski definition) is 0. The minimum atomic E-state index is -1.10. The van der Waals surface area contributed by atoms with Crippen LogP contribution >= 0.6 is 23.2 Å². The molecule has 0 radical (unpaired) electrons. The molecular formula is C32H26Cl2O4. The number of allylic oxidation sites excluding steroid dienone is 1. The Bertz CT molecular complexity index is 1500. The minimum absolute atomic E-state index is 0.112. The number of methoxy groups -OCH3 is 2. The first-order valence-corrected chi connectivity index (χ1v) is 13.2. The molecule has 192 valence electrons. The van der Waals surface area contributed by atoms with Gasteiger partial charge in [0.2, 0.25) is 0 Å². The largest absolute Gasteiger partial charge is 0.496 e. The van der Waals surface area contributed by atoms with Crippen molar-refractivity contribution in [2.24, 2.45) is 5.92 Å². The average Bonchev–Trinajstić information content (AvgIpc) is 2.94. The molecule has 38 heavy (non-hydrogen) atoms. The second-order valence-electron chi connectivity index (χ2n) is 9.43. The molecule has 0 amide bonds. The lowest BCUT2D eigenvalue weighted by atomic mass is 9.70. The molecule has 0 unspecified atom stereocenters. The van der Waals surface area contributed by atoms with E-state index in [1.165, 1.54) is 0 Å². The fraction of sp³-hybridized carbons (Fsp3) is 0.188. The van der Waals surface area contributed by atoms with Crippen LogP contribution in [-0.2, 0) is 12.2 Å². The molecule has 2 heterocycles. The minimum Gasteiger partial charge on any atom is -0.496 e. The highest BCUT2D eigenvalue weighted by atomic mass is 35.5. The molecule has 6 heteroatoms. The van der Waals surface area contributed by atoms with E-state index in [0.29, 0.717) is 22.2 Å². The highest BCUT2D eigenvalue weighted by molar-refractivity contribution is 6.30. The SMILES string of the molecule is COc1cccc2c1C[C@@H]1[C@H](/C=C/c3ccc(Cl)cc3)c3c(OC)cccc3O[C@]1(c1ccc(Cl)cc1)O2. The summed E-state index contributed by atoms with van der Waals surface area (Å²) in [6.07, 6.45) is 4.99. The van der Waals surface area contributed by atoms with Crippen LogP contribution in [0.15, 0.2) is 91.0 Å². The molecule has 2 aliphatic rings. The molecule has 0 fully saturated rings. The van der Waals surface area contributed by atoms with Crippen LogP contribution < -0.4 is 18.9 Å². The Morgan fingerprint density at radius 3 is 2.05 bits per heavy atom. The maximum Gasteiger partial charge on any atom is 0.282 e. The van der Waals surface area contributed by atoms with Crippen LogP contribution in [-0.4, -0.2) is 14.2 Å². The van der Waals surface area contributed by atoms with Gasteiger partial charge in [0.25, 0.3) is 5.79 Å². The Balaban J connectivity index is 1.58. The predicted octanol–water partition coefficient (Wildman–Crippen LogP) is 8.30. The molecular weight excluding hydrogens is 519 g/mol. The van der Waals surface area contributed by atoms with Gasteiger partial charge in [-0.25, -0.2) is 0 Å². The van der Waals surface area contributed by atoms with Crippen molar-refractivity contribution in [3.63, 3.8) is 0 Å². The molecule has 0 bridgehead atoms. The van der Waals surface area contributed by atoms with Gasteiger partial charge in [0, 0.05) is 32.7 Å². The van der Waals surface area contributed by atoms with Crippen molar-refractivity contribution in [3.8, 4) is 23.0 Å². The van der Waals surface area contributed by atoms with Crippen LogP contribution in [0, 0.1) is 5.92 Å². The summed E-state index contributed by atoms with van der Waals surface area (Å²) in [5, 5.41) is 1.35. The van der Waals surface area contributed by atoms with Crippen LogP contribution in [0.5, 0.6) is 23.0 Å². The van der Waals surface area contributed by atoms with Crippen molar-refractivity contribution in [3.05, 3.63) is 123 Å². The number of ether oxygens (including phenoxy) is 4. The van der Waals surface area contributed by atoms with Gasteiger partial charge in [0.05, 0.1) is 20.1 Å². The molecule has 6 rings (SSSR count). The molecule has 0 aromatic heterocycles. The second kappa shape index (κ2) is 9.94. The van der Waals surface area contributed by atoms with Crippen molar-refractivity contribution in [1.29, 1.82) is 0 Å². The van der Waals surface area contributed by atoms with E-state index in [2.05, 4.69) is 12.2 Å². The lowest BCUT2D eigenvalue weighted by molar-refractivity contribution is -0.188. The van der Waals surface area contributed by atoms with Crippen LogP contribution in [0.25, 0.3) is 6.08 Å². The van der Waals surface area contributed by atoms with Gasteiger partial charge in [-0.3, -0.25) is 0 Å². The Labute approximate surface area is 232 Å². The zero-order valence-corrected chi connectivity index (χ0v) is 22.5. The number of fused-ring (bicyclic) bond motifs is 3. The fourth-order valence-corrected chi connectivity index (χ4v) is 5.86. The zero-order chi connectivity index (χ0) is 26.3. The summed E-state index contributed by atoms with van der Waals surface area (Å²) in [7, 11) is 3.37. The van der Waals surface area contributed by atoms with Crippen LogP contribution in [0.2, 0.25) is 10.0 Å². The van der Waals surface area contributed by atoms with E-state index in [1.54, 1.807) is 14.2 Å². The molecule has 0 N–H and O–H groups in total. The summed E-state index contributed by atoms with van der Waals surface area (Å²) in [6.45, 7) is 0. The maximum atomic E-state index is 6.88. The van der Waals surface area contributed by atoms with E-state index in [-0.39, 0.29) is 11.8 Å². The summed E-state index contributed by atoms with van der Waals surface area (Å²) in [6, 6.07) is 27.2. The van der Waals surface area contributed by atoms with Crippen molar-refractivity contribution in [2.45, 2.75) is 18.1 Å². The standard InChI is InChI=1S/C32H26Cl2O4/c1-35-27-5-3-6-28-25(27)19-26-24(18-11-20-9-14-22(33)15-10-20)31-29(36-2)7-4-8-30(31)38-32(26,37-28)21-12-16-23(34)17-13-21/h3-18,24,26H,19H2,1-2H3/b18-11+/t24-,26+,32-/m0/s1. The van der Waals surface area contributed by atoms with E-state index in [1.807, 2.05) is 84.9 Å². The number of benzene rings is 4. The van der Waals surface area contributed by atoms with E-state index < -0.39 is 5.79 Å². The van der Waals surface area contributed by atoms with Gasteiger partial charge in [0.1, 0.15) is 23.0 Å². The van der Waals surface area contributed by atoms with Gasteiger partial charge in [-0.05, 0) is 72.6 Å². The van der Waals surface area contributed by atoms with Gasteiger partial charge < -0.3 is 18.9 Å². The topological polar surface area (TPSA) is 36.9 Å². The van der Waals surface area contributed by atoms with Crippen molar-refractivity contribution in [2.75, 3.05) is 14.2 Å². The third-order valence-electron chi connectivity index (χ3n) is 7.37. The zero-order valence-electron chi connectivity index (χ0n) is 21.0. The maximum absolute atomic E-state index is 6.88. The Morgan fingerprint density at radius 1 is 0.763 bits per heavy atom. The average molecular weight is 545 g/mol. The quantitative estimate of drug-likeness (QED) is 0.253. The first-order chi connectivity index (χ1) is 18.5. The van der Waals surface area contributed by atoms with Gasteiger partial charge in [0.15, 0.2) is 0 Å². The van der Waals surface area contributed by atoms with E-state index in [4.69, 9.17) is 42.1 Å². The summed E-state index contributed by atoms with van der Waals surface area (Å²) in [4.78, 5) is 0. The van der Waals surface area contributed by atoms with Gasteiger partial charge in [-0.15, -0.1) is 0 Å². The summed E-state index contributed by atoms with van der Waals surface area (Å²) < 4.78 is 25.4. The summed E-state index contributed by atoms with van der Waals surface area (Å²) in [5.74, 6) is 1.65. The lowest BCUT2D eigenvalue weighted by Gasteiger charge is -2.50. The lowest BCUT2D eigenvalue weighted by Crippen LogP contribution is -2.54. The smallest absolute Gasteiger partial charge is 0.282 e. The van der Waals surface area contributed by atoms with E-state index in [9.17, 15) is 0 Å². The molecule has 0 spiro atoms. The Morgan fingerprint density at radius 2 is 1.37 bits per heavy atom. The highest BCUT2D eigenvalue weighted by Gasteiger charge is 2.56. The Kier molecular flexibility index (Phi) is 6.46. The third kappa shape index (κ3) is 4.18. The molecule has 2 aliphatic heterocycles.